The lowest BCUT2D eigenvalue weighted by molar-refractivity contribution is -0.130. The van der Waals surface area contributed by atoms with E-state index in [0.717, 1.165) is 87.9 Å². The fraction of sp³-hybridized carbons (Fsp3) is 0.486. The molecule has 264 valence electrons. The average molecular weight is 673 g/mol. The van der Waals surface area contributed by atoms with Gasteiger partial charge >= 0.3 is 6.09 Å². The molecule has 4 rings (SSSR count). The summed E-state index contributed by atoms with van der Waals surface area (Å²) in [6, 6.07) is 19.4. The van der Waals surface area contributed by atoms with Gasteiger partial charge in [0, 0.05) is 52.3 Å². The Morgan fingerprint density at radius 3 is 2.33 bits per heavy atom. The van der Waals surface area contributed by atoms with Crippen LogP contribution in [-0.4, -0.2) is 115 Å². The summed E-state index contributed by atoms with van der Waals surface area (Å²) in [6.07, 6.45) is 4.85. The summed E-state index contributed by atoms with van der Waals surface area (Å²) >= 11 is 0. The highest BCUT2D eigenvalue weighted by atomic mass is 16.4. The number of carbonyl (C=O) groups is 3. The van der Waals surface area contributed by atoms with Crippen LogP contribution in [0.5, 0.6) is 0 Å². The van der Waals surface area contributed by atoms with Crippen molar-refractivity contribution < 1.29 is 19.5 Å². The lowest BCUT2D eigenvalue weighted by Gasteiger charge is -2.34. The number of nitrogens with one attached hydrogen (secondary N) is 3. The number of amides is 3. The number of carbonyl (C=O) groups excluding carboxylic acids is 2. The zero-order valence-electron chi connectivity index (χ0n) is 29.2. The van der Waals surface area contributed by atoms with E-state index in [0.29, 0.717) is 36.7 Å². The summed E-state index contributed by atoms with van der Waals surface area (Å²) in [5.41, 5.74) is 3.94. The molecule has 0 spiro atoms. The van der Waals surface area contributed by atoms with Gasteiger partial charge in [0.2, 0.25) is 5.91 Å². The number of rotatable bonds is 18. The van der Waals surface area contributed by atoms with Gasteiger partial charge in [0.25, 0.3) is 5.91 Å². The van der Waals surface area contributed by atoms with Crippen molar-refractivity contribution in [1.29, 1.82) is 0 Å². The van der Waals surface area contributed by atoms with E-state index in [1.807, 2.05) is 67.5 Å². The molecule has 1 aromatic heterocycles. The number of anilines is 2. The van der Waals surface area contributed by atoms with Crippen LogP contribution in [0.3, 0.4) is 0 Å². The van der Waals surface area contributed by atoms with Crippen LogP contribution in [0.1, 0.15) is 66.9 Å². The molecule has 1 aliphatic rings. The second kappa shape index (κ2) is 19.4. The Hall–Kier alpha value is -4.55. The van der Waals surface area contributed by atoms with E-state index in [1.54, 1.807) is 24.1 Å². The molecule has 0 saturated carbocycles. The van der Waals surface area contributed by atoms with Gasteiger partial charge in [-0.2, -0.15) is 0 Å². The fourth-order valence-corrected chi connectivity index (χ4v) is 6.21. The normalized spacial score (nSPS) is 13.5. The van der Waals surface area contributed by atoms with Crippen molar-refractivity contribution in [2.45, 2.75) is 50.9 Å². The Morgan fingerprint density at radius 2 is 1.63 bits per heavy atom. The van der Waals surface area contributed by atoms with E-state index < -0.39 is 6.09 Å². The lowest BCUT2D eigenvalue weighted by Crippen LogP contribution is -2.40. The minimum Gasteiger partial charge on any atom is -0.465 e. The SMILES string of the molecule is CNCCCN(C)C(=O)c1ccc(NCCCCCC(=O)N(C)CCN2CCC(c3cccc(-c4ccccc4)c3NC(=O)O)CC2)nn1. The third-order valence-electron chi connectivity index (χ3n) is 9.14. The zero-order valence-corrected chi connectivity index (χ0v) is 29.2. The quantitative estimate of drug-likeness (QED) is 0.134. The van der Waals surface area contributed by atoms with Gasteiger partial charge in [-0.25, -0.2) is 4.79 Å². The summed E-state index contributed by atoms with van der Waals surface area (Å²) in [5.74, 6) is 0.914. The van der Waals surface area contributed by atoms with Gasteiger partial charge in [0.05, 0.1) is 5.69 Å². The highest BCUT2D eigenvalue weighted by Gasteiger charge is 2.25. The molecule has 0 unspecified atom stereocenters. The molecule has 0 bridgehead atoms. The standard InChI is InChI=1S/C37H52N8O4/c1-38-21-11-23-44(3)36(47)32-17-18-33(42-41-32)39-22-9-5-8-16-34(46)43(2)26-27-45-24-19-29(20-25-45)31-15-10-14-30(35(31)40-37(48)49)28-12-6-4-7-13-28/h4,6-7,10,12-15,17-18,29,38,40H,5,8-9,11,16,19-27H2,1-3H3,(H,39,42)(H,48,49). The number of hydrogen-bond acceptors (Lipinski definition) is 8. The molecule has 0 aliphatic carbocycles. The Kier molecular flexibility index (Phi) is 14.8. The van der Waals surface area contributed by atoms with E-state index in [4.69, 9.17) is 0 Å². The molecule has 2 heterocycles. The van der Waals surface area contributed by atoms with Crippen LogP contribution in [0.15, 0.2) is 60.7 Å². The van der Waals surface area contributed by atoms with Crippen molar-refractivity contribution in [3.63, 3.8) is 0 Å². The topological polar surface area (TPSA) is 143 Å². The van der Waals surface area contributed by atoms with E-state index >= 15 is 0 Å². The fourth-order valence-electron chi connectivity index (χ4n) is 6.21. The van der Waals surface area contributed by atoms with Crippen LogP contribution >= 0.6 is 0 Å². The number of benzene rings is 2. The molecule has 3 aromatic rings. The molecule has 0 radical (unpaired) electrons. The van der Waals surface area contributed by atoms with Crippen molar-refractivity contribution in [2.75, 3.05) is 77.6 Å². The first kappa shape index (κ1) is 37.3. The Bertz CT molecular complexity index is 1480. The van der Waals surface area contributed by atoms with Gasteiger partial charge in [-0.3, -0.25) is 14.9 Å². The van der Waals surface area contributed by atoms with Crippen LogP contribution in [0.25, 0.3) is 11.1 Å². The summed E-state index contributed by atoms with van der Waals surface area (Å²) in [5, 5.41) is 26.8. The van der Waals surface area contributed by atoms with E-state index in [2.05, 4.69) is 31.0 Å². The van der Waals surface area contributed by atoms with Gasteiger partial charge in [-0.15, -0.1) is 10.2 Å². The number of likely N-dealkylation sites (tertiary alicyclic amines) is 1. The van der Waals surface area contributed by atoms with Crippen LogP contribution in [0.2, 0.25) is 0 Å². The number of carboxylic acid groups (broad SMARTS) is 1. The number of piperidine rings is 1. The third kappa shape index (κ3) is 11.5. The summed E-state index contributed by atoms with van der Waals surface area (Å²) in [4.78, 5) is 42.9. The largest absolute Gasteiger partial charge is 0.465 e. The third-order valence-corrected chi connectivity index (χ3v) is 9.14. The maximum Gasteiger partial charge on any atom is 0.409 e. The monoisotopic (exact) mass is 672 g/mol. The minimum absolute atomic E-state index is 0.138. The minimum atomic E-state index is -1.06. The first-order valence-corrected chi connectivity index (χ1v) is 17.4. The maximum atomic E-state index is 12.8. The molecular formula is C37H52N8O4. The molecule has 3 amide bonds. The number of hydrogen-bond donors (Lipinski definition) is 4. The molecule has 1 aliphatic heterocycles. The highest BCUT2D eigenvalue weighted by molar-refractivity contribution is 5.93. The average Bonchev–Trinajstić information content (AvgIpc) is 3.12. The van der Waals surface area contributed by atoms with Crippen LogP contribution in [-0.2, 0) is 4.79 Å². The molecule has 2 aromatic carbocycles. The number of nitrogens with zero attached hydrogens (tertiary/aromatic N) is 5. The van der Waals surface area contributed by atoms with Gasteiger partial charge in [0.15, 0.2) is 5.69 Å². The Labute approximate surface area is 290 Å². The van der Waals surface area contributed by atoms with Crippen LogP contribution in [0.4, 0.5) is 16.3 Å². The maximum absolute atomic E-state index is 12.8. The van der Waals surface area contributed by atoms with Gasteiger partial charge < -0.3 is 30.4 Å². The predicted octanol–water partition coefficient (Wildman–Crippen LogP) is 5.23. The van der Waals surface area contributed by atoms with Crippen molar-refractivity contribution in [2.24, 2.45) is 0 Å². The molecule has 1 fully saturated rings. The molecule has 12 nitrogen and oxygen atoms in total. The highest BCUT2D eigenvalue weighted by Crippen LogP contribution is 2.39. The summed E-state index contributed by atoms with van der Waals surface area (Å²) in [7, 11) is 5.54. The Balaban J connectivity index is 1.12. The van der Waals surface area contributed by atoms with E-state index in [1.165, 1.54) is 0 Å². The summed E-state index contributed by atoms with van der Waals surface area (Å²) in [6.45, 7) is 5.53. The molecule has 12 heteroatoms. The first-order valence-electron chi connectivity index (χ1n) is 17.4. The second-order valence-corrected chi connectivity index (χ2v) is 12.7. The van der Waals surface area contributed by atoms with Crippen molar-refractivity contribution in [3.05, 3.63) is 71.9 Å². The van der Waals surface area contributed by atoms with Gasteiger partial charge in [-0.1, -0.05) is 55.0 Å². The first-order chi connectivity index (χ1) is 23.8. The zero-order chi connectivity index (χ0) is 35.0. The van der Waals surface area contributed by atoms with Crippen LogP contribution < -0.4 is 16.0 Å². The number of unbranched alkanes of at least 4 members (excludes halogenated alkanes) is 2. The molecule has 1 saturated heterocycles. The number of aromatic nitrogens is 2. The molecule has 0 atom stereocenters. The van der Waals surface area contributed by atoms with E-state index in [-0.39, 0.29) is 17.7 Å². The lowest BCUT2D eigenvalue weighted by atomic mass is 9.86. The number of para-hydroxylation sites is 1. The molecule has 4 N–H and O–H groups in total. The van der Waals surface area contributed by atoms with Crippen LogP contribution in [0, 0.1) is 0 Å². The van der Waals surface area contributed by atoms with E-state index in [9.17, 15) is 19.5 Å². The Morgan fingerprint density at radius 1 is 0.857 bits per heavy atom. The predicted molar refractivity (Wildman–Crippen MR) is 194 cm³/mol. The van der Waals surface area contributed by atoms with Gasteiger partial charge in [-0.05, 0) is 88.0 Å². The van der Waals surface area contributed by atoms with Gasteiger partial charge in [0.1, 0.15) is 5.82 Å². The van der Waals surface area contributed by atoms with Crippen molar-refractivity contribution >= 4 is 29.4 Å². The molecular weight excluding hydrogens is 620 g/mol. The molecule has 49 heavy (non-hydrogen) atoms. The van der Waals surface area contributed by atoms with Crippen molar-refractivity contribution in [3.8, 4) is 11.1 Å². The number of likely N-dealkylation sites (N-methyl/N-ethyl adjacent to an activating group) is 1. The summed E-state index contributed by atoms with van der Waals surface area (Å²) < 4.78 is 0. The smallest absolute Gasteiger partial charge is 0.409 e. The van der Waals surface area contributed by atoms with Crippen molar-refractivity contribution in [1.82, 2.24) is 30.2 Å². The second-order valence-electron chi connectivity index (χ2n) is 12.7.